The number of nitrogens with zero attached hydrogens (tertiary/aromatic N) is 3. The number of carbonyl (C=O) groups is 1. The Morgan fingerprint density at radius 1 is 1.50 bits per heavy atom. The highest BCUT2D eigenvalue weighted by Crippen LogP contribution is 2.20. The summed E-state index contributed by atoms with van der Waals surface area (Å²) in [6.07, 6.45) is 0. The van der Waals surface area contributed by atoms with Crippen LogP contribution in [0.25, 0.3) is 0 Å². The molecule has 0 atom stereocenters. The van der Waals surface area contributed by atoms with Crippen LogP contribution < -0.4 is 0 Å². The highest BCUT2D eigenvalue weighted by Gasteiger charge is 2.21. The fraction of sp³-hybridized carbons (Fsp3) is 0.357. The van der Waals surface area contributed by atoms with Gasteiger partial charge in [-0.25, -0.2) is 4.39 Å². The Hall–Kier alpha value is -1.99. The highest BCUT2D eigenvalue weighted by molar-refractivity contribution is 6.31. The molecule has 1 heterocycles. The third-order valence-electron chi connectivity index (χ3n) is 2.96. The molecule has 0 aliphatic rings. The quantitative estimate of drug-likeness (QED) is 0.816. The Labute approximate surface area is 131 Å². The van der Waals surface area contributed by atoms with Crippen molar-refractivity contribution < 1.29 is 18.4 Å². The monoisotopic (exact) mass is 327 g/mol. The fourth-order valence-corrected chi connectivity index (χ4v) is 2.05. The number of hydrogen-bond acceptors (Lipinski definition) is 5. The Kier molecular flexibility index (Phi) is 5.46. The predicted molar refractivity (Wildman–Crippen MR) is 76.8 cm³/mol. The SMILES string of the molecule is CCN(Cc1nc(COC)no1)C(=O)c1cccc(Cl)c1F. The van der Waals surface area contributed by atoms with Crippen LogP contribution in [0.3, 0.4) is 0 Å². The van der Waals surface area contributed by atoms with Gasteiger partial charge in [-0.05, 0) is 19.1 Å². The van der Waals surface area contributed by atoms with Crippen LogP contribution in [0, 0.1) is 5.82 Å². The van der Waals surface area contributed by atoms with Gasteiger partial charge >= 0.3 is 0 Å². The summed E-state index contributed by atoms with van der Waals surface area (Å²) in [5.41, 5.74) is -0.0917. The molecule has 6 nitrogen and oxygen atoms in total. The zero-order valence-electron chi connectivity index (χ0n) is 12.2. The molecule has 0 fully saturated rings. The van der Waals surface area contributed by atoms with E-state index in [0.29, 0.717) is 12.4 Å². The molecule has 2 rings (SSSR count). The van der Waals surface area contributed by atoms with Crippen molar-refractivity contribution in [3.05, 3.63) is 46.3 Å². The molecule has 2 aromatic rings. The minimum absolute atomic E-state index is 0.0814. The molecule has 0 aliphatic carbocycles. The van der Waals surface area contributed by atoms with Crippen LogP contribution in [-0.2, 0) is 17.9 Å². The summed E-state index contributed by atoms with van der Waals surface area (Å²) in [5, 5.41) is 3.62. The van der Waals surface area contributed by atoms with Gasteiger partial charge in [0.05, 0.1) is 10.6 Å². The molecule has 1 amide bonds. The molecule has 0 spiro atoms. The zero-order valence-corrected chi connectivity index (χ0v) is 12.9. The minimum atomic E-state index is -0.738. The molecule has 0 saturated carbocycles. The number of amides is 1. The van der Waals surface area contributed by atoms with Crippen LogP contribution in [0.15, 0.2) is 22.7 Å². The molecule has 118 valence electrons. The second-order valence-corrected chi connectivity index (χ2v) is 4.87. The zero-order chi connectivity index (χ0) is 16.1. The molecule has 0 unspecified atom stereocenters. The molecular formula is C14H15ClFN3O3. The van der Waals surface area contributed by atoms with Gasteiger partial charge in [-0.2, -0.15) is 4.98 Å². The van der Waals surface area contributed by atoms with Crippen LogP contribution in [0.1, 0.15) is 29.0 Å². The highest BCUT2D eigenvalue weighted by atomic mass is 35.5. The largest absolute Gasteiger partial charge is 0.377 e. The summed E-state index contributed by atoms with van der Waals surface area (Å²) in [6.45, 7) is 2.42. The van der Waals surface area contributed by atoms with Gasteiger partial charge in [0.25, 0.3) is 5.91 Å². The molecular weight excluding hydrogens is 313 g/mol. The number of rotatable bonds is 6. The van der Waals surface area contributed by atoms with Gasteiger partial charge in [-0.15, -0.1) is 0 Å². The second kappa shape index (κ2) is 7.33. The lowest BCUT2D eigenvalue weighted by atomic mass is 10.2. The number of benzene rings is 1. The smallest absolute Gasteiger partial charge is 0.257 e. The standard InChI is InChI=1S/C14H15ClFN3O3/c1-3-19(7-12-17-11(8-21-2)18-22-12)14(20)9-5-4-6-10(15)13(9)16/h4-6H,3,7-8H2,1-2H3. The first-order chi connectivity index (χ1) is 10.6. The molecule has 1 aromatic carbocycles. The van der Waals surface area contributed by atoms with Crippen molar-refractivity contribution in [2.75, 3.05) is 13.7 Å². The molecule has 0 saturated heterocycles. The first-order valence-electron chi connectivity index (χ1n) is 6.60. The van der Waals surface area contributed by atoms with Crippen molar-refractivity contribution in [1.29, 1.82) is 0 Å². The van der Waals surface area contributed by atoms with Gasteiger partial charge in [0.2, 0.25) is 5.89 Å². The van der Waals surface area contributed by atoms with Gasteiger partial charge in [-0.3, -0.25) is 4.79 Å². The van der Waals surface area contributed by atoms with Crippen LogP contribution >= 0.6 is 11.6 Å². The van der Waals surface area contributed by atoms with Gasteiger partial charge in [0.15, 0.2) is 11.6 Å². The Balaban J connectivity index is 2.16. The molecule has 22 heavy (non-hydrogen) atoms. The van der Waals surface area contributed by atoms with Crippen molar-refractivity contribution >= 4 is 17.5 Å². The van der Waals surface area contributed by atoms with E-state index in [1.165, 1.54) is 30.2 Å². The maximum atomic E-state index is 13.9. The summed E-state index contributed by atoms with van der Waals surface area (Å²) in [4.78, 5) is 17.9. The van der Waals surface area contributed by atoms with Gasteiger partial charge in [0.1, 0.15) is 13.2 Å². The summed E-state index contributed by atoms with van der Waals surface area (Å²) in [5.74, 6) is -0.591. The molecule has 1 aromatic heterocycles. The van der Waals surface area contributed by atoms with Gasteiger partial charge in [-0.1, -0.05) is 22.8 Å². The minimum Gasteiger partial charge on any atom is -0.377 e. The van der Waals surface area contributed by atoms with E-state index in [0.717, 1.165) is 0 Å². The molecule has 0 bridgehead atoms. The molecule has 8 heteroatoms. The van der Waals surface area contributed by atoms with E-state index in [1.54, 1.807) is 6.92 Å². The van der Waals surface area contributed by atoms with Gasteiger partial charge < -0.3 is 14.2 Å². The van der Waals surface area contributed by atoms with Crippen LogP contribution in [0.4, 0.5) is 4.39 Å². The fourth-order valence-electron chi connectivity index (χ4n) is 1.87. The average molecular weight is 328 g/mol. The Morgan fingerprint density at radius 2 is 2.27 bits per heavy atom. The predicted octanol–water partition coefficient (Wildman–Crippen LogP) is 2.67. The van der Waals surface area contributed by atoms with Crippen LogP contribution in [-0.4, -0.2) is 34.6 Å². The lowest BCUT2D eigenvalue weighted by Gasteiger charge is -2.19. The first-order valence-corrected chi connectivity index (χ1v) is 6.98. The van der Waals surface area contributed by atoms with Crippen molar-refractivity contribution in [3.8, 4) is 0 Å². The number of aromatic nitrogens is 2. The lowest BCUT2D eigenvalue weighted by molar-refractivity contribution is 0.0729. The van der Waals surface area contributed by atoms with E-state index in [1.807, 2.05) is 0 Å². The molecule has 0 radical (unpaired) electrons. The topological polar surface area (TPSA) is 68.5 Å². The number of methoxy groups -OCH3 is 1. The maximum Gasteiger partial charge on any atom is 0.257 e. The van der Waals surface area contributed by atoms with Crippen LogP contribution in [0.2, 0.25) is 5.02 Å². The van der Waals surface area contributed by atoms with E-state index in [2.05, 4.69) is 10.1 Å². The molecule has 0 N–H and O–H groups in total. The van der Waals surface area contributed by atoms with E-state index >= 15 is 0 Å². The number of ether oxygens (including phenoxy) is 1. The summed E-state index contributed by atoms with van der Waals surface area (Å²) >= 11 is 5.70. The van der Waals surface area contributed by atoms with E-state index < -0.39 is 11.7 Å². The molecule has 0 aliphatic heterocycles. The van der Waals surface area contributed by atoms with Crippen molar-refractivity contribution in [3.63, 3.8) is 0 Å². The second-order valence-electron chi connectivity index (χ2n) is 4.46. The van der Waals surface area contributed by atoms with Crippen molar-refractivity contribution in [1.82, 2.24) is 15.0 Å². The Morgan fingerprint density at radius 3 is 2.95 bits per heavy atom. The van der Waals surface area contributed by atoms with E-state index in [9.17, 15) is 9.18 Å². The first kappa shape index (κ1) is 16.4. The van der Waals surface area contributed by atoms with E-state index in [4.69, 9.17) is 20.9 Å². The number of hydrogen-bond donors (Lipinski definition) is 0. The lowest BCUT2D eigenvalue weighted by Crippen LogP contribution is -2.31. The Bertz CT molecular complexity index is 663. The van der Waals surface area contributed by atoms with Crippen LogP contribution in [0.5, 0.6) is 0 Å². The van der Waals surface area contributed by atoms with Gasteiger partial charge in [0, 0.05) is 13.7 Å². The number of halogens is 2. The number of carbonyl (C=O) groups excluding carboxylic acids is 1. The third-order valence-corrected chi connectivity index (χ3v) is 3.25. The maximum absolute atomic E-state index is 13.9. The third kappa shape index (κ3) is 3.61. The summed E-state index contributed by atoms with van der Waals surface area (Å²) in [7, 11) is 1.51. The van der Waals surface area contributed by atoms with Crippen molar-refractivity contribution in [2.24, 2.45) is 0 Å². The summed E-state index contributed by atoms with van der Waals surface area (Å²) in [6, 6.07) is 4.30. The normalized spacial score (nSPS) is 10.7. The summed E-state index contributed by atoms with van der Waals surface area (Å²) < 4.78 is 23.9. The van der Waals surface area contributed by atoms with E-state index in [-0.39, 0.29) is 29.6 Å². The average Bonchev–Trinajstić information content (AvgIpc) is 2.95. The van der Waals surface area contributed by atoms with Crippen molar-refractivity contribution in [2.45, 2.75) is 20.1 Å².